The summed E-state index contributed by atoms with van der Waals surface area (Å²) in [5.41, 5.74) is 2.61. The first-order chi connectivity index (χ1) is 32.6. The Morgan fingerprint density at radius 2 is 0.868 bits per heavy atom. The molecule has 338 valence electrons. The molecule has 0 saturated carbocycles. The Bertz CT molecular complexity index is 3210. The minimum absolute atomic E-state index is 0.0146. The number of aromatic nitrogens is 4. The second-order valence-corrected chi connectivity index (χ2v) is 17.2. The first kappa shape index (κ1) is 45.8. The minimum atomic E-state index is -0.862. The van der Waals surface area contributed by atoms with Crippen LogP contribution in [0.5, 0.6) is 0 Å². The van der Waals surface area contributed by atoms with E-state index in [0.29, 0.717) is 34.1 Å². The molecule has 6 aromatic rings. The van der Waals surface area contributed by atoms with E-state index in [2.05, 4.69) is 20.8 Å². The van der Waals surface area contributed by atoms with Gasteiger partial charge in [-0.15, -0.1) is 0 Å². The van der Waals surface area contributed by atoms with Gasteiger partial charge < -0.3 is 10.6 Å². The number of anilines is 4. The number of Topliss-reactive ketones (excluding diaryl/α,β-unsaturated/α-hetero) is 2. The number of hydrogen-bond donors (Lipinski definition) is 2. The van der Waals surface area contributed by atoms with Crippen molar-refractivity contribution in [3.63, 3.8) is 0 Å². The molecule has 0 unspecified atom stereocenters. The minimum Gasteiger partial charge on any atom is -0.315 e. The van der Waals surface area contributed by atoms with Crippen LogP contribution in [-0.4, -0.2) is 52.2 Å². The number of carbonyl (C=O) groups is 4. The van der Waals surface area contributed by atoms with Crippen LogP contribution in [0.3, 0.4) is 0 Å². The molecule has 2 aliphatic rings. The predicted octanol–water partition coefficient (Wildman–Crippen LogP) is 6.61. The Hall–Kier alpha value is -8.72. The highest BCUT2D eigenvalue weighted by Crippen LogP contribution is 2.40. The van der Waals surface area contributed by atoms with Crippen LogP contribution in [0, 0.1) is 36.5 Å². The lowest BCUT2D eigenvalue weighted by Gasteiger charge is -2.18. The van der Waals surface area contributed by atoms with E-state index >= 15 is 0 Å². The Balaban J connectivity index is 1.06. The lowest BCUT2D eigenvalue weighted by Crippen LogP contribution is -2.25. The van der Waals surface area contributed by atoms with E-state index in [4.69, 9.17) is 0 Å². The van der Waals surface area contributed by atoms with E-state index in [-0.39, 0.29) is 54.2 Å². The summed E-state index contributed by atoms with van der Waals surface area (Å²) in [7, 11) is 3.36. The molecule has 0 bridgehead atoms. The van der Waals surface area contributed by atoms with Gasteiger partial charge in [0.25, 0.3) is 22.9 Å². The molecule has 4 heterocycles. The number of nitriles is 2. The second kappa shape index (κ2) is 18.6. The molecule has 18 nitrogen and oxygen atoms in total. The maximum atomic E-state index is 13.8. The van der Waals surface area contributed by atoms with Crippen molar-refractivity contribution >= 4 is 79.7 Å². The number of carbonyl (C=O) groups excluding carboxylic acids is 4. The number of amides is 2. The van der Waals surface area contributed by atoms with Gasteiger partial charge in [0, 0.05) is 27.9 Å². The highest BCUT2D eigenvalue weighted by molar-refractivity contribution is 8.19. The summed E-state index contributed by atoms with van der Waals surface area (Å²) in [6, 6.07) is 35.6. The summed E-state index contributed by atoms with van der Waals surface area (Å²) in [6.07, 6.45) is 0. The van der Waals surface area contributed by atoms with Crippen molar-refractivity contribution in [1.29, 1.82) is 10.5 Å². The molecule has 2 aliphatic heterocycles. The second-order valence-electron chi connectivity index (χ2n) is 15.2. The zero-order valence-corrected chi connectivity index (χ0v) is 38.8. The van der Waals surface area contributed by atoms with Crippen molar-refractivity contribution in [2.75, 3.05) is 20.7 Å². The summed E-state index contributed by atoms with van der Waals surface area (Å²) < 4.78 is 5.99. The molecule has 4 aromatic carbocycles. The van der Waals surface area contributed by atoms with E-state index in [1.807, 2.05) is 24.3 Å². The van der Waals surface area contributed by atoms with Crippen LogP contribution in [-0.2, 0) is 33.3 Å². The molecule has 0 spiro atoms. The average molecular weight is 943 g/mol. The SMILES string of the molecule is CC(=O)C1=NN(c2ccc(-c3ccc(N4N=C(C(C)=O)S/C4=C(/C#N)C(=O)Nc4c(C)n(C)n(-c5ccccc5)c4=O)cc3)cc2)/C(=C(\C#N)C(=O)Nc2c(C)n(C)n(-c3ccccc3)c2=O)S1. The number of hydrazone groups is 2. The molecule has 0 radical (unpaired) electrons. The highest BCUT2D eigenvalue weighted by atomic mass is 32.2. The standard InChI is InChI=1S/C48H38N12O6S2/c1-27-39(45(65)59(55(27)5)35-13-9-7-10-14-35)51-41(63)37(25-49)47-57(53-43(67-47)29(3)61)33-21-17-31(18-22-33)32-19-23-34(24-20-32)58-48(68-44(54-58)30(4)62)38(26-50)42(64)52-40-28(2)56(6)60(46(40)66)36-15-11-8-12-16-36/h7-24H,1-6H3,(H,51,63)(H,52,64)/b47-37-,48-38-. The Morgan fingerprint density at radius 3 is 1.18 bits per heavy atom. The predicted molar refractivity (Wildman–Crippen MR) is 262 cm³/mol. The van der Waals surface area contributed by atoms with Gasteiger partial charge in [0.05, 0.1) is 34.1 Å². The van der Waals surface area contributed by atoms with E-state index < -0.39 is 22.9 Å². The normalized spacial score (nSPS) is 14.7. The van der Waals surface area contributed by atoms with Gasteiger partial charge in [-0.25, -0.2) is 19.4 Å². The molecule has 2 aromatic heterocycles. The molecule has 2 N–H and O–H groups in total. The van der Waals surface area contributed by atoms with Gasteiger partial charge in [0.2, 0.25) is 0 Å². The molecule has 8 rings (SSSR count). The van der Waals surface area contributed by atoms with E-state index in [0.717, 1.165) is 34.7 Å². The number of thioether (sulfide) groups is 2. The summed E-state index contributed by atoms with van der Waals surface area (Å²) in [5, 5.41) is 37.7. The fraction of sp³-hybridized carbons (Fsp3) is 0.125. The molecular formula is C48H38N12O6S2. The number of nitrogens with zero attached hydrogens (tertiary/aromatic N) is 10. The third-order valence-corrected chi connectivity index (χ3v) is 13.3. The first-order valence-corrected chi connectivity index (χ1v) is 22.2. The fourth-order valence-electron chi connectivity index (χ4n) is 7.29. The summed E-state index contributed by atoms with van der Waals surface area (Å²) in [4.78, 5) is 79.9. The van der Waals surface area contributed by atoms with Crippen molar-refractivity contribution < 1.29 is 19.2 Å². The van der Waals surface area contributed by atoms with Crippen molar-refractivity contribution in [3.05, 3.63) is 162 Å². The van der Waals surface area contributed by atoms with E-state index in [9.17, 15) is 39.3 Å². The van der Waals surface area contributed by atoms with Crippen LogP contribution in [0.25, 0.3) is 22.5 Å². The summed E-state index contributed by atoms with van der Waals surface area (Å²) >= 11 is 1.72. The smallest absolute Gasteiger partial charge is 0.295 e. The lowest BCUT2D eigenvalue weighted by molar-refractivity contribution is -0.113. The first-order valence-electron chi connectivity index (χ1n) is 20.6. The van der Waals surface area contributed by atoms with Gasteiger partial charge in [-0.2, -0.15) is 20.7 Å². The van der Waals surface area contributed by atoms with Crippen LogP contribution in [0.1, 0.15) is 25.2 Å². The van der Waals surface area contributed by atoms with Crippen molar-refractivity contribution in [2.24, 2.45) is 24.3 Å². The highest BCUT2D eigenvalue weighted by Gasteiger charge is 2.34. The maximum absolute atomic E-state index is 13.8. The summed E-state index contributed by atoms with van der Waals surface area (Å²) in [6.45, 7) is 5.98. The zero-order valence-electron chi connectivity index (χ0n) is 37.1. The third kappa shape index (κ3) is 8.36. The van der Waals surface area contributed by atoms with Crippen LogP contribution in [0.4, 0.5) is 22.7 Å². The van der Waals surface area contributed by atoms with E-state index in [1.54, 1.807) is 134 Å². The molecule has 0 fully saturated rings. The number of benzene rings is 4. The van der Waals surface area contributed by atoms with Crippen LogP contribution >= 0.6 is 23.5 Å². The number of ketones is 2. The van der Waals surface area contributed by atoms with Crippen LogP contribution in [0.2, 0.25) is 0 Å². The largest absolute Gasteiger partial charge is 0.315 e. The average Bonchev–Trinajstić information content (AvgIpc) is 4.08. The Kier molecular flexibility index (Phi) is 12.6. The van der Waals surface area contributed by atoms with Gasteiger partial charge in [0.1, 0.15) is 44.7 Å². The number of rotatable bonds is 11. The van der Waals surface area contributed by atoms with Crippen LogP contribution < -0.4 is 31.8 Å². The maximum Gasteiger partial charge on any atom is 0.295 e. The topological polar surface area (TPSA) is 225 Å². The van der Waals surface area contributed by atoms with Gasteiger partial charge in [-0.3, -0.25) is 38.1 Å². The van der Waals surface area contributed by atoms with Gasteiger partial charge in [0.15, 0.2) is 21.7 Å². The molecule has 68 heavy (non-hydrogen) atoms. The molecular weight excluding hydrogens is 905 g/mol. The Labute approximate surface area is 396 Å². The summed E-state index contributed by atoms with van der Waals surface area (Å²) in [5.74, 6) is -2.49. The monoisotopic (exact) mass is 942 g/mol. The quantitative estimate of drug-likeness (QED) is 0.103. The van der Waals surface area contributed by atoms with Gasteiger partial charge >= 0.3 is 0 Å². The van der Waals surface area contributed by atoms with Gasteiger partial charge in [-0.05, 0) is 97.0 Å². The molecule has 20 heteroatoms. The van der Waals surface area contributed by atoms with Crippen molar-refractivity contribution in [1.82, 2.24) is 18.7 Å². The van der Waals surface area contributed by atoms with Crippen molar-refractivity contribution in [3.8, 4) is 34.6 Å². The fourth-order valence-corrected chi connectivity index (χ4v) is 9.13. The van der Waals surface area contributed by atoms with Crippen LogP contribution in [0.15, 0.2) is 150 Å². The number of hydrogen-bond acceptors (Lipinski definition) is 14. The van der Waals surface area contributed by atoms with E-state index in [1.165, 1.54) is 33.2 Å². The van der Waals surface area contributed by atoms with Crippen molar-refractivity contribution in [2.45, 2.75) is 27.7 Å². The molecule has 0 saturated heterocycles. The molecule has 2 amide bonds. The van der Waals surface area contributed by atoms with Gasteiger partial charge in [-0.1, -0.05) is 60.7 Å². The zero-order chi connectivity index (χ0) is 48.6. The lowest BCUT2D eigenvalue weighted by atomic mass is 10.0. The molecule has 0 aliphatic carbocycles. The molecule has 0 atom stereocenters. The number of para-hydroxylation sites is 2. The Morgan fingerprint density at radius 1 is 0.529 bits per heavy atom. The number of nitrogens with one attached hydrogen (secondary N) is 2. The third-order valence-electron chi connectivity index (χ3n) is 11.0.